The van der Waals surface area contributed by atoms with Gasteiger partial charge in [0.2, 0.25) is 5.91 Å². The van der Waals surface area contributed by atoms with E-state index in [1.165, 1.54) is 0 Å². The molecule has 0 aliphatic carbocycles. The van der Waals surface area contributed by atoms with Gasteiger partial charge in [-0.05, 0) is 25.0 Å². The second-order valence-electron chi connectivity index (χ2n) is 5.73. The van der Waals surface area contributed by atoms with Crippen LogP contribution in [0, 0.1) is 0 Å². The largest absolute Gasteiger partial charge is 0.382 e. The van der Waals surface area contributed by atoms with Gasteiger partial charge in [-0.3, -0.25) is 4.79 Å². The Morgan fingerprint density at radius 3 is 3.05 bits per heavy atom. The first kappa shape index (κ1) is 14.4. The number of hydrogen-bond acceptors (Lipinski definition) is 4. The molecule has 2 aliphatic rings. The van der Waals surface area contributed by atoms with Crippen molar-refractivity contribution < 1.29 is 14.3 Å². The van der Waals surface area contributed by atoms with Gasteiger partial charge < -0.3 is 20.1 Å². The minimum atomic E-state index is -0.0954. The van der Waals surface area contributed by atoms with Crippen molar-refractivity contribution in [1.82, 2.24) is 5.32 Å². The molecule has 3 atom stereocenters. The van der Waals surface area contributed by atoms with Gasteiger partial charge in [-0.15, -0.1) is 0 Å². The SMILES string of the molecule is CC1CC(C(=O)NCC2COCCO2)c2ccccc2N1. The Morgan fingerprint density at radius 1 is 1.38 bits per heavy atom. The van der Waals surface area contributed by atoms with Crippen LogP contribution in [-0.4, -0.2) is 44.4 Å². The number of amides is 1. The number of nitrogens with one attached hydrogen (secondary N) is 2. The van der Waals surface area contributed by atoms with Crippen molar-refractivity contribution >= 4 is 11.6 Å². The summed E-state index contributed by atoms with van der Waals surface area (Å²) in [6.07, 6.45) is 0.780. The van der Waals surface area contributed by atoms with Crippen molar-refractivity contribution in [1.29, 1.82) is 0 Å². The fourth-order valence-electron chi connectivity index (χ4n) is 2.98. The molecular formula is C16H22N2O3. The van der Waals surface area contributed by atoms with Crippen LogP contribution < -0.4 is 10.6 Å². The Bertz CT molecular complexity index is 500. The number of benzene rings is 1. The number of hydrogen-bond donors (Lipinski definition) is 2. The number of rotatable bonds is 3. The summed E-state index contributed by atoms with van der Waals surface area (Å²) in [7, 11) is 0. The molecule has 5 heteroatoms. The summed E-state index contributed by atoms with van der Waals surface area (Å²) in [6, 6.07) is 8.33. The van der Waals surface area contributed by atoms with E-state index in [1.54, 1.807) is 0 Å². The van der Waals surface area contributed by atoms with E-state index in [2.05, 4.69) is 17.6 Å². The molecule has 3 rings (SSSR count). The average molecular weight is 290 g/mol. The number of carbonyl (C=O) groups is 1. The van der Waals surface area contributed by atoms with Crippen LogP contribution in [0.15, 0.2) is 24.3 Å². The van der Waals surface area contributed by atoms with E-state index in [0.29, 0.717) is 32.4 Å². The summed E-state index contributed by atoms with van der Waals surface area (Å²) in [4.78, 5) is 12.5. The zero-order valence-corrected chi connectivity index (χ0v) is 12.3. The molecule has 2 heterocycles. The lowest BCUT2D eigenvalue weighted by molar-refractivity contribution is -0.125. The van der Waals surface area contributed by atoms with Crippen LogP contribution in [0.5, 0.6) is 0 Å². The van der Waals surface area contributed by atoms with Gasteiger partial charge in [0.05, 0.1) is 31.8 Å². The third-order valence-electron chi connectivity index (χ3n) is 4.03. The molecule has 0 saturated carbocycles. The first-order chi connectivity index (χ1) is 10.2. The van der Waals surface area contributed by atoms with Gasteiger partial charge in [-0.1, -0.05) is 18.2 Å². The number of para-hydroxylation sites is 1. The number of fused-ring (bicyclic) bond motifs is 1. The van der Waals surface area contributed by atoms with Gasteiger partial charge in [0.25, 0.3) is 0 Å². The van der Waals surface area contributed by atoms with E-state index >= 15 is 0 Å². The highest BCUT2D eigenvalue weighted by molar-refractivity contribution is 5.86. The topological polar surface area (TPSA) is 59.6 Å². The molecule has 5 nitrogen and oxygen atoms in total. The van der Waals surface area contributed by atoms with Crippen LogP contribution in [-0.2, 0) is 14.3 Å². The summed E-state index contributed by atoms with van der Waals surface area (Å²) in [6.45, 7) is 4.42. The fraction of sp³-hybridized carbons (Fsp3) is 0.562. The molecule has 1 fully saturated rings. The van der Waals surface area contributed by atoms with Gasteiger partial charge in [-0.2, -0.15) is 0 Å². The second-order valence-corrected chi connectivity index (χ2v) is 5.73. The molecule has 0 spiro atoms. The molecule has 114 valence electrons. The maximum Gasteiger partial charge on any atom is 0.227 e. The number of ether oxygens (including phenoxy) is 2. The summed E-state index contributed by atoms with van der Waals surface area (Å²) in [5.74, 6) is -0.0214. The molecule has 1 saturated heterocycles. The van der Waals surface area contributed by atoms with Crippen molar-refractivity contribution in [3.05, 3.63) is 29.8 Å². The summed E-state index contributed by atoms with van der Waals surface area (Å²) in [5, 5.41) is 6.44. The third kappa shape index (κ3) is 3.36. The minimum Gasteiger partial charge on any atom is -0.382 e. The van der Waals surface area contributed by atoms with Gasteiger partial charge in [0, 0.05) is 18.3 Å². The fourth-order valence-corrected chi connectivity index (χ4v) is 2.98. The van der Waals surface area contributed by atoms with Crippen LogP contribution in [0.3, 0.4) is 0 Å². The predicted octanol–water partition coefficient (Wildman–Crippen LogP) is 1.51. The molecule has 3 unspecified atom stereocenters. The molecule has 21 heavy (non-hydrogen) atoms. The number of carbonyl (C=O) groups excluding carboxylic acids is 1. The highest BCUT2D eigenvalue weighted by Gasteiger charge is 2.29. The van der Waals surface area contributed by atoms with Crippen molar-refractivity contribution in [2.45, 2.75) is 31.4 Å². The van der Waals surface area contributed by atoms with Crippen molar-refractivity contribution in [2.24, 2.45) is 0 Å². The van der Waals surface area contributed by atoms with E-state index in [1.807, 2.05) is 24.3 Å². The standard InChI is InChI=1S/C16H22N2O3/c1-11-8-14(13-4-2-3-5-15(13)18-11)16(19)17-9-12-10-20-6-7-21-12/h2-5,11-12,14,18H,6-10H2,1H3,(H,17,19). The van der Waals surface area contributed by atoms with Crippen molar-refractivity contribution in [2.75, 3.05) is 31.7 Å². The highest BCUT2D eigenvalue weighted by atomic mass is 16.6. The minimum absolute atomic E-state index is 0.0305. The van der Waals surface area contributed by atoms with E-state index in [9.17, 15) is 4.79 Å². The lowest BCUT2D eigenvalue weighted by Gasteiger charge is -2.31. The molecule has 0 radical (unpaired) electrons. The van der Waals surface area contributed by atoms with Crippen molar-refractivity contribution in [3.8, 4) is 0 Å². The number of anilines is 1. The quantitative estimate of drug-likeness (QED) is 0.886. The molecule has 2 N–H and O–H groups in total. The lowest BCUT2D eigenvalue weighted by atomic mass is 9.87. The summed E-state index contributed by atoms with van der Waals surface area (Å²) < 4.78 is 10.9. The van der Waals surface area contributed by atoms with E-state index in [4.69, 9.17) is 9.47 Å². The average Bonchev–Trinajstić information content (AvgIpc) is 2.52. The van der Waals surface area contributed by atoms with Crippen LogP contribution in [0.1, 0.15) is 24.8 Å². The Labute approximate surface area is 125 Å². The molecular weight excluding hydrogens is 268 g/mol. The summed E-state index contributed by atoms with van der Waals surface area (Å²) in [5.41, 5.74) is 2.14. The van der Waals surface area contributed by atoms with Crippen LogP contribution in [0.2, 0.25) is 0 Å². The maximum atomic E-state index is 12.5. The molecule has 2 aliphatic heterocycles. The monoisotopic (exact) mass is 290 g/mol. The normalized spacial score (nSPS) is 28.3. The van der Waals surface area contributed by atoms with E-state index in [-0.39, 0.29) is 17.9 Å². The van der Waals surface area contributed by atoms with Gasteiger partial charge in [0.1, 0.15) is 0 Å². The summed E-state index contributed by atoms with van der Waals surface area (Å²) >= 11 is 0. The Hall–Kier alpha value is -1.59. The third-order valence-corrected chi connectivity index (χ3v) is 4.03. The molecule has 1 aromatic rings. The Balaban J connectivity index is 1.64. The Morgan fingerprint density at radius 2 is 2.24 bits per heavy atom. The molecule has 0 aromatic heterocycles. The zero-order chi connectivity index (χ0) is 14.7. The highest BCUT2D eigenvalue weighted by Crippen LogP contribution is 2.34. The molecule has 1 amide bonds. The maximum absolute atomic E-state index is 12.5. The zero-order valence-electron chi connectivity index (χ0n) is 12.3. The molecule has 0 bridgehead atoms. The van der Waals surface area contributed by atoms with Crippen LogP contribution >= 0.6 is 0 Å². The van der Waals surface area contributed by atoms with Gasteiger partial charge in [0.15, 0.2) is 0 Å². The van der Waals surface area contributed by atoms with E-state index in [0.717, 1.165) is 17.7 Å². The smallest absolute Gasteiger partial charge is 0.227 e. The predicted molar refractivity (Wildman–Crippen MR) is 80.5 cm³/mol. The van der Waals surface area contributed by atoms with Gasteiger partial charge >= 0.3 is 0 Å². The first-order valence-electron chi connectivity index (χ1n) is 7.56. The first-order valence-corrected chi connectivity index (χ1v) is 7.56. The Kier molecular flexibility index (Phi) is 4.41. The van der Waals surface area contributed by atoms with Crippen molar-refractivity contribution in [3.63, 3.8) is 0 Å². The van der Waals surface area contributed by atoms with Gasteiger partial charge in [-0.25, -0.2) is 0 Å². The van der Waals surface area contributed by atoms with Crippen LogP contribution in [0.4, 0.5) is 5.69 Å². The van der Waals surface area contributed by atoms with Crippen LogP contribution in [0.25, 0.3) is 0 Å². The molecule has 1 aromatic carbocycles. The second kappa shape index (κ2) is 6.45. The van der Waals surface area contributed by atoms with E-state index < -0.39 is 0 Å². The lowest BCUT2D eigenvalue weighted by Crippen LogP contribution is -2.42.